The van der Waals surface area contributed by atoms with Gasteiger partial charge in [0.05, 0.1) is 30.6 Å². The van der Waals surface area contributed by atoms with E-state index in [1.807, 2.05) is 0 Å². The van der Waals surface area contributed by atoms with Crippen LogP contribution in [-0.2, 0) is 38.2 Å². The number of amides is 2. The second-order valence-electron chi connectivity index (χ2n) is 9.53. The van der Waals surface area contributed by atoms with Crippen LogP contribution in [-0.4, -0.2) is 53.2 Å². The predicted molar refractivity (Wildman–Crippen MR) is 114 cm³/mol. The highest BCUT2D eigenvalue weighted by atomic mass is 19.4. The van der Waals surface area contributed by atoms with Crippen LogP contribution in [0.1, 0.15) is 50.4 Å². The average molecular weight is 483 g/mol. The summed E-state index contributed by atoms with van der Waals surface area (Å²) in [5.74, 6) is -1.04. The summed E-state index contributed by atoms with van der Waals surface area (Å²) in [7, 11) is 1.21. The Morgan fingerprint density at radius 2 is 1.97 bits per heavy atom. The fourth-order valence-electron chi connectivity index (χ4n) is 4.15. The number of halogens is 3. The second kappa shape index (κ2) is 9.27. The fourth-order valence-corrected chi connectivity index (χ4v) is 4.15. The third kappa shape index (κ3) is 5.87. The number of rotatable bonds is 4. The maximum atomic E-state index is 13.6. The molecule has 0 bridgehead atoms. The van der Waals surface area contributed by atoms with Crippen LogP contribution in [0.25, 0.3) is 0 Å². The van der Waals surface area contributed by atoms with Crippen LogP contribution < -0.4 is 5.32 Å². The van der Waals surface area contributed by atoms with Gasteiger partial charge in [-0.1, -0.05) is 12.2 Å². The molecule has 0 radical (unpaired) electrons. The lowest BCUT2D eigenvalue weighted by molar-refractivity contribution is -0.151. The van der Waals surface area contributed by atoms with E-state index in [-0.39, 0.29) is 32.4 Å². The maximum Gasteiger partial charge on any atom is 0.417 e. The average Bonchev–Trinajstić information content (AvgIpc) is 3.13. The Morgan fingerprint density at radius 3 is 2.59 bits per heavy atom. The number of nitrogens with zero attached hydrogens (tertiary/aromatic N) is 2. The number of aromatic nitrogens is 1. The first kappa shape index (κ1) is 25.5. The Labute approximate surface area is 195 Å². The molecule has 8 nitrogen and oxygen atoms in total. The fraction of sp³-hybridized carbons (Fsp3) is 0.565. The van der Waals surface area contributed by atoms with E-state index in [2.05, 4.69) is 10.3 Å². The number of hydrogen-bond acceptors (Lipinski definition) is 6. The van der Waals surface area contributed by atoms with E-state index < -0.39 is 46.8 Å². The van der Waals surface area contributed by atoms with Crippen molar-refractivity contribution in [3.63, 3.8) is 0 Å². The zero-order valence-corrected chi connectivity index (χ0v) is 19.5. The minimum Gasteiger partial charge on any atom is -0.469 e. The van der Waals surface area contributed by atoms with Gasteiger partial charge in [-0.3, -0.25) is 14.6 Å². The van der Waals surface area contributed by atoms with E-state index in [0.29, 0.717) is 11.3 Å². The number of carbonyl (C=O) groups is 3. The van der Waals surface area contributed by atoms with Gasteiger partial charge in [-0.05, 0) is 38.8 Å². The van der Waals surface area contributed by atoms with Crippen molar-refractivity contribution in [2.45, 2.75) is 64.4 Å². The van der Waals surface area contributed by atoms with Gasteiger partial charge in [-0.15, -0.1) is 0 Å². The Bertz CT molecular complexity index is 1000. The molecule has 11 heteroatoms. The Kier molecular flexibility index (Phi) is 6.95. The molecule has 1 aliphatic heterocycles. The zero-order chi connectivity index (χ0) is 25.3. The smallest absolute Gasteiger partial charge is 0.417 e. The molecule has 186 valence electrons. The zero-order valence-electron chi connectivity index (χ0n) is 19.5. The SMILES string of the molecule is COC(=O)C[C@]1(C(=O)N2CCc3ncc(C(F)(F)F)cc3C2)C=CC(NC(=O)OC(C)(C)C)C1. The third-order valence-electron chi connectivity index (χ3n) is 5.70. The van der Waals surface area contributed by atoms with Crippen molar-refractivity contribution >= 4 is 18.0 Å². The van der Waals surface area contributed by atoms with Gasteiger partial charge in [-0.25, -0.2) is 4.79 Å². The van der Waals surface area contributed by atoms with Crippen LogP contribution in [0.15, 0.2) is 24.4 Å². The summed E-state index contributed by atoms with van der Waals surface area (Å²) >= 11 is 0. The lowest BCUT2D eigenvalue weighted by atomic mass is 9.81. The highest BCUT2D eigenvalue weighted by molar-refractivity contribution is 5.90. The number of alkyl carbamates (subject to hydrolysis) is 1. The molecule has 0 saturated carbocycles. The Hall–Kier alpha value is -3.11. The van der Waals surface area contributed by atoms with E-state index in [4.69, 9.17) is 9.47 Å². The molecule has 3 rings (SSSR count). The standard InChI is InChI=1S/C23H28F3N3O5/c1-21(2,3)34-20(32)28-16-5-7-22(10-16,11-18(30)33-4)19(31)29-8-6-17-14(13-29)9-15(12-27-17)23(24,25)26/h5,7,9,12,16H,6,8,10-11,13H2,1-4H3,(H,28,32)/t16?,22-/m0/s1. The molecule has 1 unspecified atom stereocenters. The topological polar surface area (TPSA) is 97.8 Å². The second-order valence-corrected chi connectivity index (χ2v) is 9.53. The summed E-state index contributed by atoms with van der Waals surface area (Å²) in [5, 5.41) is 2.67. The molecule has 1 N–H and O–H groups in total. The van der Waals surface area contributed by atoms with Crippen LogP contribution in [0.5, 0.6) is 0 Å². The van der Waals surface area contributed by atoms with E-state index in [1.54, 1.807) is 32.9 Å². The van der Waals surface area contributed by atoms with Crippen LogP contribution >= 0.6 is 0 Å². The highest BCUT2D eigenvalue weighted by Crippen LogP contribution is 2.40. The number of ether oxygens (including phenoxy) is 2. The third-order valence-corrected chi connectivity index (χ3v) is 5.70. The lowest BCUT2D eigenvalue weighted by Crippen LogP contribution is -2.47. The normalized spacial score (nSPS) is 22.2. The molecule has 2 amide bonds. The molecular weight excluding hydrogens is 455 g/mol. The summed E-state index contributed by atoms with van der Waals surface area (Å²) in [4.78, 5) is 43.3. The van der Waals surface area contributed by atoms with Crippen LogP contribution in [0, 0.1) is 5.41 Å². The van der Waals surface area contributed by atoms with Crippen molar-refractivity contribution in [1.82, 2.24) is 15.2 Å². The predicted octanol–water partition coefficient (Wildman–Crippen LogP) is 3.39. The number of methoxy groups -OCH3 is 1. The summed E-state index contributed by atoms with van der Waals surface area (Å²) in [6.45, 7) is 5.33. The van der Waals surface area contributed by atoms with Crippen molar-refractivity contribution in [3.05, 3.63) is 41.2 Å². The van der Waals surface area contributed by atoms with Gasteiger partial charge in [0.15, 0.2) is 0 Å². The number of hydrogen-bond donors (Lipinski definition) is 1. The van der Waals surface area contributed by atoms with E-state index in [1.165, 1.54) is 12.0 Å². The molecule has 2 aliphatic rings. The van der Waals surface area contributed by atoms with Crippen molar-refractivity contribution in [1.29, 1.82) is 0 Å². The van der Waals surface area contributed by atoms with E-state index in [0.717, 1.165) is 12.3 Å². The van der Waals surface area contributed by atoms with Crippen LogP contribution in [0.2, 0.25) is 0 Å². The monoisotopic (exact) mass is 483 g/mol. The highest BCUT2D eigenvalue weighted by Gasteiger charge is 2.47. The summed E-state index contributed by atoms with van der Waals surface area (Å²) < 4.78 is 49.4. The van der Waals surface area contributed by atoms with Gasteiger partial charge < -0.3 is 19.7 Å². The summed E-state index contributed by atoms with van der Waals surface area (Å²) in [6, 6.07) is 0.436. The number of nitrogens with one attached hydrogen (secondary N) is 1. The first-order chi connectivity index (χ1) is 15.7. The molecule has 0 spiro atoms. The minimum atomic E-state index is -4.55. The van der Waals surface area contributed by atoms with Crippen molar-refractivity contribution in [3.8, 4) is 0 Å². The number of esters is 1. The first-order valence-electron chi connectivity index (χ1n) is 10.8. The van der Waals surface area contributed by atoms with Gasteiger partial charge in [0.2, 0.25) is 5.91 Å². The summed E-state index contributed by atoms with van der Waals surface area (Å²) in [5.41, 5.74) is -2.08. The van der Waals surface area contributed by atoms with Crippen LogP contribution in [0.3, 0.4) is 0 Å². The Balaban J connectivity index is 1.80. The number of pyridine rings is 1. The molecule has 1 aromatic heterocycles. The number of carbonyl (C=O) groups excluding carboxylic acids is 3. The van der Waals surface area contributed by atoms with Gasteiger partial charge in [0, 0.05) is 31.4 Å². The minimum absolute atomic E-state index is 0.0635. The van der Waals surface area contributed by atoms with Crippen molar-refractivity contribution < 1.29 is 37.0 Å². The Morgan fingerprint density at radius 1 is 1.26 bits per heavy atom. The molecule has 1 aromatic rings. The van der Waals surface area contributed by atoms with Crippen LogP contribution in [0.4, 0.5) is 18.0 Å². The molecule has 0 saturated heterocycles. The molecule has 2 atom stereocenters. The molecule has 2 heterocycles. The lowest BCUT2D eigenvalue weighted by Gasteiger charge is -2.36. The molecule has 0 aromatic carbocycles. The molecule has 0 fully saturated rings. The van der Waals surface area contributed by atoms with Gasteiger partial charge in [-0.2, -0.15) is 13.2 Å². The van der Waals surface area contributed by atoms with Gasteiger partial charge in [0.1, 0.15) is 5.60 Å². The van der Waals surface area contributed by atoms with Gasteiger partial charge >= 0.3 is 18.2 Å². The van der Waals surface area contributed by atoms with Crippen molar-refractivity contribution in [2.24, 2.45) is 5.41 Å². The molecular formula is C23H28F3N3O5. The number of alkyl halides is 3. The van der Waals surface area contributed by atoms with Crippen molar-refractivity contribution in [2.75, 3.05) is 13.7 Å². The van der Waals surface area contributed by atoms with E-state index >= 15 is 0 Å². The van der Waals surface area contributed by atoms with Gasteiger partial charge in [0.25, 0.3) is 0 Å². The summed E-state index contributed by atoms with van der Waals surface area (Å²) in [6.07, 6.45) is -1.13. The quantitative estimate of drug-likeness (QED) is 0.521. The number of fused-ring (bicyclic) bond motifs is 1. The molecule has 1 aliphatic carbocycles. The maximum absolute atomic E-state index is 13.6. The molecule has 34 heavy (non-hydrogen) atoms. The van der Waals surface area contributed by atoms with E-state index in [9.17, 15) is 27.6 Å². The first-order valence-corrected chi connectivity index (χ1v) is 10.8. The largest absolute Gasteiger partial charge is 0.469 e.